The summed E-state index contributed by atoms with van der Waals surface area (Å²) in [7, 11) is 0. The molecule has 1 rings (SSSR count). The van der Waals surface area contributed by atoms with E-state index in [-0.39, 0.29) is 0 Å². The lowest BCUT2D eigenvalue weighted by atomic mass is 9.80. The van der Waals surface area contributed by atoms with Gasteiger partial charge >= 0.3 is 0 Å². The van der Waals surface area contributed by atoms with E-state index in [1.54, 1.807) is 0 Å². The maximum atomic E-state index is 5.56. The van der Waals surface area contributed by atoms with Gasteiger partial charge in [-0.05, 0) is 71.1 Å². The van der Waals surface area contributed by atoms with Crippen molar-refractivity contribution < 1.29 is 4.74 Å². The quantitative estimate of drug-likeness (QED) is 0.545. The molecule has 0 aromatic heterocycles. The van der Waals surface area contributed by atoms with Gasteiger partial charge in [0.1, 0.15) is 0 Å². The Hall–Kier alpha value is -0.120. The molecule has 0 heterocycles. The molecule has 3 heteroatoms. The third-order valence-corrected chi connectivity index (χ3v) is 3.46. The molecule has 0 aromatic rings. The van der Waals surface area contributed by atoms with E-state index < -0.39 is 0 Å². The van der Waals surface area contributed by atoms with Crippen LogP contribution >= 0.6 is 0 Å². The van der Waals surface area contributed by atoms with E-state index in [0.29, 0.717) is 6.10 Å². The number of ether oxygens (including phenoxy) is 1. The molecule has 0 aromatic carbocycles. The van der Waals surface area contributed by atoms with E-state index in [9.17, 15) is 0 Å². The van der Waals surface area contributed by atoms with E-state index in [4.69, 9.17) is 4.74 Å². The van der Waals surface area contributed by atoms with Crippen molar-refractivity contribution in [3.05, 3.63) is 0 Å². The predicted molar refractivity (Wildman–Crippen MR) is 73.4 cm³/mol. The van der Waals surface area contributed by atoms with Crippen LogP contribution in [0.15, 0.2) is 0 Å². The molecule has 1 fully saturated rings. The lowest BCUT2D eigenvalue weighted by molar-refractivity contribution is -0.0262. The fourth-order valence-corrected chi connectivity index (χ4v) is 2.35. The third kappa shape index (κ3) is 7.02. The third-order valence-electron chi connectivity index (χ3n) is 3.46. The minimum Gasteiger partial charge on any atom is -0.378 e. The summed E-state index contributed by atoms with van der Waals surface area (Å²) in [5.41, 5.74) is 0. The maximum Gasteiger partial charge on any atom is 0.0580 e. The lowest BCUT2D eigenvalue weighted by Gasteiger charge is -2.35. The summed E-state index contributed by atoms with van der Waals surface area (Å²) in [5.74, 6) is 0.914. The molecule has 1 saturated carbocycles. The van der Waals surface area contributed by atoms with E-state index in [1.165, 1.54) is 38.6 Å². The summed E-state index contributed by atoms with van der Waals surface area (Å²) in [6.07, 6.45) is 6.94. The van der Waals surface area contributed by atoms with E-state index in [1.807, 2.05) is 0 Å². The highest BCUT2D eigenvalue weighted by Gasteiger charge is 2.28. The monoisotopic (exact) mass is 242 g/mol. The Morgan fingerprint density at radius 3 is 2.35 bits per heavy atom. The molecule has 1 aliphatic rings. The predicted octanol–water partition coefficient (Wildman–Crippen LogP) is 2.17. The molecule has 3 nitrogen and oxygen atoms in total. The van der Waals surface area contributed by atoms with Crippen LogP contribution in [-0.4, -0.2) is 38.9 Å². The molecule has 0 atom stereocenters. The first kappa shape index (κ1) is 14.9. The first-order valence-corrected chi connectivity index (χ1v) is 7.39. The molecule has 0 amide bonds. The number of rotatable bonds is 11. The first-order valence-electron chi connectivity index (χ1n) is 7.39. The van der Waals surface area contributed by atoms with Crippen LogP contribution in [0.5, 0.6) is 0 Å². The highest BCUT2D eigenvalue weighted by Crippen LogP contribution is 2.32. The zero-order valence-corrected chi connectivity index (χ0v) is 11.6. The molecule has 0 bridgehead atoms. The van der Waals surface area contributed by atoms with Gasteiger partial charge in [0.25, 0.3) is 0 Å². The highest BCUT2D eigenvalue weighted by atomic mass is 16.5. The molecule has 0 spiro atoms. The Bertz CT molecular complexity index is 170. The van der Waals surface area contributed by atoms with Crippen molar-refractivity contribution in [2.75, 3.05) is 32.8 Å². The SMILES string of the molecule is CCCNCCCNCCC1CC(OCC)C1. The van der Waals surface area contributed by atoms with Crippen LogP contribution < -0.4 is 10.6 Å². The van der Waals surface area contributed by atoms with Crippen molar-refractivity contribution >= 4 is 0 Å². The lowest BCUT2D eigenvalue weighted by Crippen LogP contribution is -2.33. The summed E-state index contributed by atoms with van der Waals surface area (Å²) in [6, 6.07) is 0. The van der Waals surface area contributed by atoms with Crippen molar-refractivity contribution in [3.63, 3.8) is 0 Å². The molecular formula is C14H30N2O. The van der Waals surface area contributed by atoms with Crippen LogP contribution in [-0.2, 0) is 4.74 Å². The van der Waals surface area contributed by atoms with Crippen LogP contribution in [0.25, 0.3) is 0 Å². The summed E-state index contributed by atoms with van der Waals surface area (Å²) in [5, 5.41) is 6.95. The van der Waals surface area contributed by atoms with Crippen LogP contribution in [0.4, 0.5) is 0 Å². The van der Waals surface area contributed by atoms with Gasteiger partial charge in [0.05, 0.1) is 6.10 Å². The van der Waals surface area contributed by atoms with Gasteiger partial charge in [-0.1, -0.05) is 6.92 Å². The smallest absolute Gasteiger partial charge is 0.0580 e. The summed E-state index contributed by atoms with van der Waals surface area (Å²) >= 11 is 0. The number of nitrogens with one attached hydrogen (secondary N) is 2. The molecule has 2 N–H and O–H groups in total. The molecular weight excluding hydrogens is 212 g/mol. The van der Waals surface area contributed by atoms with Gasteiger partial charge in [0.2, 0.25) is 0 Å². The normalized spacial score (nSPS) is 23.6. The molecule has 1 aliphatic carbocycles. The molecule has 0 radical (unpaired) electrons. The van der Waals surface area contributed by atoms with Gasteiger partial charge in [0, 0.05) is 6.61 Å². The second-order valence-corrected chi connectivity index (χ2v) is 5.06. The van der Waals surface area contributed by atoms with Gasteiger partial charge in [-0.25, -0.2) is 0 Å². The van der Waals surface area contributed by atoms with Crippen molar-refractivity contribution in [2.24, 2.45) is 5.92 Å². The van der Waals surface area contributed by atoms with Gasteiger partial charge in [-0.3, -0.25) is 0 Å². The van der Waals surface area contributed by atoms with Crippen LogP contribution in [0.3, 0.4) is 0 Å². The fraction of sp³-hybridized carbons (Fsp3) is 1.00. The van der Waals surface area contributed by atoms with Gasteiger partial charge < -0.3 is 15.4 Å². The standard InChI is InChI=1S/C14H30N2O/c1-3-7-15-8-5-9-16-10-6-13-11-14(12-13)17-4-2/h13-16H,3-12H2,1-2H3. The Morgan fingerprint density at radius 1 is 1.00 bits per heavy atom. The zero-order chi connectivity index (χ0) is 12.3. The largest absolute Gasteiger partial charge is 0.378 e. The minimum absolute atomic E-state index is 0.572. The van der Waals surface area contributed by atoms with Crippen LogP contribution in [0.2, 0.25) is 0 Å². The molecule has 0 aliphatic heterocycles. The topological polar surface area (TPSA) is 33.3 Å². The van der Waals surface area contributed by atoms with E-state index >= 15 is 0 Å². The zero-order valence-electron chi connectivity index (χ0n) is 11.6. The Morgan fingerprint density at radius 2 is 1.71 bits per heavy atom. The minimum atomic E-state index is 0.572. The second kappa shape index (κ2) is 9.86. The van der Waals surface area contributed by atoms with Crippen molar-refractivity contribution in [1.29, 1.82) is 0 Å². The number of hydrogen-bond acceptors (Lipinski definition) is 3. The first-order chi connectivity index (χ1) is 8.36. The summed E-state index contributed by atoms with van der Waals surface area (Å²) in [4.78, 5) is 0. The van der Waals surface area contributed by atoms with E-state index in [2.05, 4.69) is 24.5 Å². The van der Waals surface area contributed by atoms with Crippen LogP contribution in [0.1, 0.15) is 46.0 Å². The number of hydrogen-bond donors (Lipinski definition) is 2. The van der Waals surface area contributed by atoms with Crippen LogP contribution in [0, 0.1) is 5.92 Å². The fourth-order valence-electron chi connectivity index (χ4n) is 2.35. The molecule has 17 heavy (non-hydrogen) atoms. The van der Waals surface area contributed by atoms with Gasteiger partial charge in [0.15, 0.2) is 0 Å². The van der Waals surface area contributed by atoms with Crippen molar-refractivity contribution in [1.82, 2.24) is 10.6 Å². The summed E-state index contributed by atoms with van der Waals surface area (Å²) in [6.45, 7) is 9.80. The van der Waals surface area contributed by atoms with Crippen molar-refractivity contribution in [2.45, 2.75) is 52.1 Å². The Balaban J connectivity index is 1.74. The van der Waals surface area contributed by atoms with Crippen molar-refractivity contribution in [3.8, 4) is 0 Å². The Kier molecular flexibility index (Phi) is 8.67. The van der Waals surface area contributed by atoms with Gasteiger partial charge in [-0.2, -0.15) is 0 Å². The summed E-state index contributed by atoms with van der Waals surface area (Å²) < 4.78 is 5.56. The maximum absolute atomic E-state index is 5.56. The molecule has 102 valence electrons. The molecule has 0 saturated heterocycles. The van der Waals surface area contributed by atoms with Gasteiger partial charge in [-0.15, -0.1) is 0 Å². The average Bonchev–Trinajstić information content (AvgIpc) is 2.28. The second-order valence-electron chi connectivity index (χ2n) is 5.06. The average molecular weight is 242 g/mol. The Labute approximate surface area is 107 Å². The van der Waals surface area contributed by atoms with E-state index in [0.717, 1.165) is 32.2 Å². The highest BCUT2D eigenvalue weighted by molar-refractivity contribution is 4.80. The molecule has 0 unspecified atom stereocenters.